The summed E-state index contributed by atoms with van der Waals surface area (Å²) in [6.45, 7) is 8.93. The predicted octanol–water partition coefficient (Wildman–Crippen LogP) is 4.21. The standard InChI is InChI=1S/C27H27ClN4O5S/c1-5-30(6-2)21-13-12-18(32(35)36)14-17(21)15-22-25(33)31-24(19-10-8-9-11-20(19)28)23(26(34)37-7-3)16(4)29-27(31)38-22/h8-15,24H,5-7H2,1-4H3/b22-15+/t24-/m0/s1. The Bertz CT molecular complexity index is 1620. The molecule has 0 spiro atoms. The third kappa shape index (κ3) is 5.01. The van der Waals surface area contributed by atoms with Crippen LogP contribution in [0.2, 0.25) is 5.02 Å². The molecule has 0 bridgehead atoms. The second-order valence-electron chi connectivity index (χ2n) is 8.50. The number of anilines is 1. The SMILES string of the molecule is CCOC(=O)C1=C(C)N=c2s/c(=C/c3cc([N+](=O)[O-])ccc3N(CC)CC)c(=O)n2[C@H]1c1ccccc1Cl. The molecular formula is C27H27ClN4O5S. The van der Waals surface area contributed by atoms with Crippen molar-refractivity contribution in [2.45, 2.75) is 33.7 Å². The summed E-state index contributed by atoms with van der Waals surface area (Å²) >= 11 is 7.70. The number of benzene rings is 2. The van der Waals surface area contributed by atoms with Crippen molar-refractivity contribution in [3.05, 3.63) is 99.7 Å². The van der Waals surface area contributed by atoms with Gasteiger partial charge in [-0.15, -0.1) is 0 Å². The zero-order valence-electron chi connectivity index (χ0n) is 21.4. The molecule has 0 saturated carbocycles. The number of nitro groups is 1. The first-order valence-electron chi connectivity index (χ1n) is 12.2. The molecule has 38 heavy (non-hydrogen) atoms. The highest BCUT2D eigenvalue weighted by molar-refractivity contribution is 7.07. The molecule has 0 amide bonds. The van der Waals surface area contributed by atoms with Gasteiger partial charge in [-0.3, -0.25) is 19.5 Å². The number of halogens is 1. The van der Waals surface area contributed by atoms with E-state index in [2.05, 4.69) is 9.89 Å². The van der Waals surface area contributed by atoms with Crippen LogP contribution in [0.1, 0.15) is 44.9 Å². The fourth-order valence-electron chi connectivity index (χ4n) is 4.55. The van der Waals surface area contributed by atoms with Gasteiger partial charge in [0.1, 0.15) is 6.04 Å². The Morgan fingerprint density at radius 2 is 1.95 bits per heavy atom. The number of hydrogen-bond donors (Lipinski definition) is 0. The zero-order valence-corrected chi connectivity index (χ0v) is 23.0. The molecule has 2 aromatic carbocycles. The minimum atomic E-state index is -0.839. The Labute approximate surface area is 228 Å². The number of carbonyl (C=O) groups excluding carboxylic acids is 1. The summed E-state index contributed by atoms with van der Waals surface area (Å²) in [5.74, 6) is -0.574. The number of non-ortho nitro benzene ring substituents is 1. The van der Waals surface area contributed by atoms with E-state index < -0.39 is 16.9 Å². The summed E-state index contributed by atoms with van der Waals surface area (Å²) in [5, 5.41) is 11.9. The maximum Gasteiger partial charge on any atom is 0.338 e. The molecule has 1 atom stereocenters. The zero-order chi connectivity index (χ0) is 27.6. The van der Waals surface area contributed by atoms with E-state index in [0.717, 1.165) is 17.0 Å². The van der Waals surface area contributed by atoms with Gasteiger partial charge < -0.3 is 9.64 Å². The van der Waals surface area contributed by atoms with Crippen molar-refractivity contribution in [3.8, 4) is 0 Å². The lowest BCUT2D eigenvalue weighted by molar-refractivity contribution is -0.384. The van der Waals surface area contributed by atoms with Gasteiger partial charge in [-0.2, -0.15) is 0 Å². The first kappa shape index (κ1) is 27.3. The van der Waals surface area contributed by atoms with Crippen molar-refractivity contribution in [1.29, 1.82) is 0 Å². The van der Waals surface area contributed by atoms with E-state index >= 15 is 0 Å². The van der Waals surface area contributed by atoms with Crippen molar-refractivity contribution in [2.75, 3.05) is 24.6 Å². The molecule has 0 saturated heterocycles. The van der Waals surface area contributed by atoms with E-state index in [1.165, 1.54) is 16.7 Å². The first-order valence-corrected chi connectivity index (χ1v) is 13.4. The van der Waals surface area contributed by atoms with Crippen molar-refractivity contribution < 1.29 is 14.5 Å². The van der Waals surface area contributed by atoms with Crippen LogP contribution in [-0.2, 0) is 9.53 Å². The lowest BCUT2D eigenvalue weighted by Gasteiger charge is -2.25. The van der Waals surface area contributed by atoms with Crippen LogP contribution in [0.15, 0.2) is 63.5 Å². The Kier molecular flexibility index (Phi) is 8.13. The van der Waals surface area contributed by atoms with E-state index in [9.17, 15) is 19.7 Å². The fourth-order valence-corrected chi connectivity index (χ4v) is 5.82. The topological polar surface area (TPSA) is 107 Å². The van der Waals surface area contributed by atoms with Crippen molar-refractivity contribution in [3.63, 3.8) is 0 Å². The van der Waals surface area contributed by atoms with Gasteiger partial charge in [-0.1, -0.05) is 41.1 Å². The summed E-state index contributed by atoms with van der Waals surface area (Å²) in [7, 11) is 0. The van der Waals surface area contributed by atoms with Crippen LogP contribution in [-0.4, -0.2) is 35.2 Å². The van der Waals surface area contributed by atoms with Gasteiger partial charge in [0.2, 0.25) is 0 Å². The molecule has 9 nitrogen and oxygen atoms in total. The van der Waals surface area contributed by atoms with Crippen LogP contribution in [0.25, 0.3) is 6.08 Å². The van der Waals surface area contributed by atoms with Crippen molar-refractivity contribution in [1.82, 2.24) is 4.57 Å². The number of aromatic nitrogens is 1. The van der Waals surface area contributed by atoms with Crippen LogP contribution >= 0.6 is 22.9 Å². The van der Waals surface area contributed by atoms with Crippen molar-refractivity contribution >= 4 is 46.4 Å². The van der Waals surface area contributed by atoms with Crippen LogP contribution in [0.4, 0.5) is 11.4 Å². The molecular weight excluding hydrogens is 528 g/mol. The Morgan fingerprint density at radius 1 is 1.24 bits per heavy atom. The molecule has 4 rings (SSSR count). The summed E-state index contributed by atoms with van der Waals surface area (Å²) in [5.41, 5.74) is 2.09. The summed E-state index contributed by atoms with van der Waals surface area (Å²) in [6.07, 6.45) is 1.65. The Balaban J connectivity index is 2.00. The number of hydrogen-bond acceptors (Lipinski definition) is 8. The Morgan fingerprint density at radius 3 is 2.58 bits per heavy atom. The molecule has 3 aromatic rings. The predicted molar refractivity (Wildman–Crippen MR) is 149 cm³/mol. The lowest BCUT2D eigenvalue weighted by atomic mass is 9.96. The van der Waals surface area contributed by atoms with E-state index in [1.807, 2.05) is 13.8 Å². The van der Waals surface area contributed by atoms with E-state index in [4.69, 9.17) is 16.3 Å². The average Bonchev–Trinajstić information content (AvgIpc) is 3.19. The number of nitro benzene ring substituents is 1. The molecule has 11 heteroatoms. The normalized spacial score (nSPS) is 15.2. The number of esters is 1. The molecule has 1 aromatic heterocycles. The molecule has 1 aliphatic heterocycles. The first-order chi connectivity index (χ1) is 18.2. The quantitative estimate of drug-likeness (QED) is 0.234. The minimum Gasteiger partial charge on any atom is -0.463 e. The molecule has 0 unspecified atom stereocenters. The smallest absolute Gasteiger partial charge is 0.338 e. The lowest BCUT2D eigenvalue weighted by Crippen LogP contribution is -2.40. The second kappa shape index (κ2) is 11.3. The maximum atomic E-state index is 13.9. The number of fused-ring (bicyclic) bond motifs is 1. The number of carbonyl (C=O) groups is 1. The molecule has 1 aliphatic rings. The van der Waals surface area contributed by atoms with Crippen LogP contribution in [0.5, 0.6) is 0 Å². The third-order valence-electron chi connectivity index (χ3n) is 6.33. The van der Waals surface area contributed by atoms with Crippen LogP contribution in [0.3, 0.4) is 0 Å². The van der Waals surface area contributed by atoms with E-state index in [-0.39, 0.29) is 23.4 Å². The van der Waals surface area contributed by atoms with Gasteiger partial charge in [0, 0.05) is 41.5 Å². The summed E-state index contributed by atoms with van der Waals surface area (Å²) < 4.78 is 7.09. The monoisotopic (exact) mass is 554 g/mol. The molecule has 198 valence electrons. The highest BCUT2D eigenvalue weighted by Crippen LogP contribution is 2.34. The Hall–Kier alpha value is -3.76. The number of thiazole rings is 1. The number of nitrogens with zero attached hydrogens (tertiary/aromatic N) is 4. The highest BCUT2D eigenvalue weighted by atomic mass is 35.5. The van der Waals surface area contributed by atoms with Gasteiger partial charge in [0.05, 0.1) is 27.3 Å². The van der Waals surface area contributed by atoms with Gasteiger partial charge in [0.15, 0.2) is 4.80 Å². The van der Waals surface area contributed by atoms with E-state index in [1.54, 1.807) is 50.3 Å². The maximum absolute atomic E-state index is 13.9. The van der Waals surface area contributed by atoms with E-state index in [0.29, 0.717) is 44.3 Å². The largest absolute Gasteiger partial charge is 0.463 e. The second-order valence-corrected chi connectivity index (χ2v) is 9.91. The highest BCUT2D eigenvalue weighted by Gasteiger charge is 2.34. The molecule has 0 fully saturated rings. The van der Waals surface area contributed by atoms with Crippen molar-refractivity contribution in [2.24, 2.45) is 4.99 Å². The minimum absolute atomic E-state index is 0.0747. The van der Waals surface area contributed by atoms with Crippen LogP contribution in [0, 0.1) is 10.1 Å². The average molecular weight is 555 g/mol. The summed E-state index contributed by atoms with van der Waals surface area (Å²) in [4.78, 5) is 45.0. The molecule has 0 radical (unpaired) electrons. The molecule has 0 aliphatic carbocycles. The molecule has 0 N–H and O–H groups in total. The van der Waals surface area contributed by atoms with Gasteiger partial charge in [-0.05, 0) is 51.5 Å². The van der Waals surface area contributed by atoms with Gasteiger partial charge in [0.25, 0.3) is 11.2 Å². The number of rotatable bonds is 8. The third-order valence-corrected chi connectivity index (χ3v) is 7.66. The fraction of sp³-hybridized carbons (Fsp3) is 0.296. The van der Waals surface area contributed by atoms with Gasteiger partial charge in [-0.25, -0.2) is 9.79 Å². The van der Waals surface area contributed by atoms with Crippen LogP contribution < -0.4 is 19.8 Å². The number of allylic oxidation sites excluding steroid dienone is 1. The van der Waals surface area contributed by atoms with Gasteiger partial charge >= 0.3 is 5.97 Å². The summed E-state index contributed by atoms with van der Waals surface area (Å²) in [6, 6.07) is 10.8. The molecule has 2 heterocycles. The number of ether oxygens (including phenoxy) is 1.